The van der Waals surface area contributed by atoms with Crippen LogP contribution in [0, 0.1) is 6.92 Å². The van der Waals surface area contributed by atoms with Gasteiger partial charge in [0.15, 0.2) is 17.0 Å². The van der Waals surface area contributed by atoms with Crippen molar-refractivity contribution < 1.29 is 17.4 Å². The lowest BCUT2D eigenvalue weighted by Gasteiger charge is -2.07. The summed E-state index contributed by atoms with van der Waals surface area (Å²) in [5.41, 5.74) is 2.46. The molecule has 32 heavy (non-hydrogen) atoms. The summed E-state index contributed by atoms with van der Waals surface area (Å²) < 4.78 is 31.5. The second-order valence-corrected chi connectivity index (χ2v) is 8.71. The van der Waals surface area contributed by atoms with Crippen molar-refractivity contribution in [3.63, 3.8) is 0 Å². The Hall–Kier alpha value is -3.63. The molecule has 0 aliphatic rings. The zero-order chi connectivity index (χ0) is 22.6. The third-order valence-corrected chi connectivity index (χ3v) is 6.09. The van der Waals surface area contributed by atoms with Gasteiger partial charge in [-0.25, -0.2) is 15.0 Å². The number of aromatic nitrogens is 4. The van der Waals surface area contributed by atoms with E-state index in [2.05, 4.69) is 20.3 Å². The number of fused-ring (bicyclic) bond motifs is 1. The predicted molar refractivity (Wildman–Crippen MR) is 119 cm³/mol. The maximum atomic E-state index is 12.4. The molecule has 2 aromatic carbocycles. The number of nitrogens with one attached hydrogen (secondary N) is 1. The van der Waals surface area contributed by atoms with Crippen LogP contribution in [0.2, 0.25) is 0 Å². The number of imidazole rings is 1. The predicted octanol–water partition coefficient (Wildman–Crippen LogP) is 3.18. The van der Waals surface area contributed by atoms with E-state index in [1.807, 2.05) is 13.0 Å². The van der Waals surface area contributed by atoms with E-state index < -0.39 is 10.1 Å². The second-order valence-electron chi connectivity index (χ2n) is 7.10. The molecule has 0 saturated heterocycles. The van der Waals surface area contributed by atoms with E-state index in [4.69, 9.17) is 4.18 Å². The van der Waals surface area contributed by atoms with Gasteiger partial charge >= 0.3 is 0 Å². The molecule has 9 nitrogen and oxygen atoms in total. The van der Waals surface area contributed by atoms with Crippen LogP contribution in [0.15, 0.2) is 72.1 Å². The fraction of sp³-hybridized carbons (Fsp3) is 0.182. The quantitative estimate of drug-likeness (QED) is 0.323. The summed E-state index contributed by atoms with van der Waals surface area (Å²) in [5, 5.41) is 2.75. The van der Waals surface area contributed by atoms with Crippen molar-refractivity contribution in [1.82, 2.24) is 19.5 Å². The molecule has 2 heterocycles. The monoisotopic (exact) mass is 451 g/mol. The summed E-state index contributed by atoms with van der Waals surface area (Å²) in [5.74, 6) is 0.00987. The van der Waals surface area contributed by atoms with Crippen molar-refractivity contribution in [3.8, 4) is 0 Å². The SMILES string of the molecule is Cc1ccc(S(=O)(=O)OCCCn2cnc3c(NC(=O)c4ccccc4)ncnc32)cc1. The Kier molecular flexibility index (Phi) is 6.24. The Balaban J connectivity index is 1.40. The molecule has 0 saturated carbocycles. The normalized spacial score (nSPS) is 11.5. The largest absolute Gasteiger partial charge is 0.315 e. The van der Waals surface area contributed by atoms with E-state index in [0.717, 1.165) is 5.56 Å². The Morgan fingerprint density at radius 3 is 2.53 bits per heavy atom. The van der Waals surface area contributed by atoms with Crippen LogP contribution in [-0.2, 0) is 20.8 Å². The maximum Gasteiger partial charge on any atom is 0.296 e. The van der Waals surface area contributed by atoms with Gasteiger partial charge in [0.05, 0.1) is 17.8 Å². The van der Waals surface area contributed by atoms with E-state index in [-0.39, 0.29) is 17.4 Å². The molecule has 2 aromatic heterocycles. The van der Waals surface area contributed by atoms with Gasteiger partial charge in [-0.15, -0.1) is 0 Å². The van der Waals surface area contributed by atoms with Crippen molar-refractivity contribution >= 4 is 33.0 Å². The number of carbonyl (C=O) groups excluding carboxylic acids is 1. The van der Waals surface area contributed by atoms with E-state index >= 15 is 0 Å². The van der Waals surface area contributed by atoms with Crippen molar-refractivity contribution in [2.75, 3.05) is 11.9 Å². The van der Waals surface area contributed by atoms with Crippen LogP contribution in [0.5, 0.6) is 0 Å². The summed E-state index contributed by atoms with van der Waals surface area (Å²) in [6, 6.07) is 15.3. The third kappa shape index (κ3) is 4.82. The number of carbonyl (C=O) groups is 1. The first-order valence-electron chi connectivity index (χ1n) is 9.92. The van der Waals surface area contributed by atoms with Gasteiger partial charge in [0.2, 0.25) is 0 Å². The summed E-state index contributed by atoms with van der Waals surface area (Å²) in [6.45, 7) is 2.33. The van der Waals surface area contributed by atoms with Gasteiger partial charge in [0, 0.05) is 12.1 Å². The summed E-state index contributed by atoms with van der Waals surface area (Å²) in [4.78, 5) is 25.2. The molecule has 4 rings (SSSR count). The lowest BCUT2D eigenvalue weighted by molar-refractivity contribution is 0.102. The van der Waals surface area contributed by atoms with Gasteiger partial charge in [-0.3, -0.25) is 8.98 Å². The van der Waals surface area contributed by atoms with Crippen LogP contribution in [0.4, 0.5) is 5.82 Å². The number of nitrogens with zero attached hydrogens (tertiary/aromatic N) is 4. The van der Waals surface area contributed by atoms with E-state index in [9.17, 15) is 13.2 Å². The third-order valence-electron chi connectivity index (χ3n) is 4.76. The van der Waals surface area contributed by atoms with Crippen LogP contribution >= 0.6 is 0 Å². The first kappa shape index (κ1) is 21.6. The average Bonchev–Trinajstić information content (AvgIpc) is 3.22. The molecule has 164 valence electrons. The maximum absolute atomic E-state index is 12.4. The van der Waals surface area contributed by atoms with Gasteiger partial charge in [0.1, 0.15) is 6.33 Å². The van der Waals surface area contributed by atoms with Crippen molar-refractivity contribution in [3.05, 3.63) is 78.4 Å². The molecule has 0 aliphatic heterocycles. The number of amides is 1. The summed E-state index contributed by atoms with van der Waals surface area (Å²) in [6.07, 6.45) is 3.34. The molecule has 1 N–H and O–H groups in total. The molecule has 0 spiro atoms. The highest BCUT2D eigenvalue weighted by Crippen LogP contribution is 2.19. The minimum absolute atomic E-state index is 0.0125. The molecule has 0 radical (unpaired) electrons. The average molecular weight is 452 g/mol. The second kappa shape index (κ2) is 9.25. The Bertz CT molecular complexity index is 1340. The minimum atomic E-state index is -3.81. The molecular formula is C22H21N5O4S. The highest BCUT2D eigenvalue weighted by atomic mass is 32.2. The van der Waals surface area contributed by atoms with E-state index in [1.165, 1.54) is 18.5 Å². The number of anilines is 1. The van der Waals surface area contributed by atoms with Gasteiger partial charge in [-0.1, -0.05) is 35.9 Å². The van der Waals surface area contributed by atoms with Gasteiger partial charge in [-0.2, -0.15) is 8.42 Å². The van der Waals surface area contributed by atoms with E-state index in [1.54, 1.807) is 47.3 Å². The number of rotatable bonds is 8. The highest BCUT2D eigenvalue weighted by molar-refractivity contribution is 7.86. The molecule has 0 atom stereocenters. The number of hydrogen-bond acceptors (Lipinski definition) is 7. The zero-order valence-electron chi connectivity index (χ0n) is 17.3. The lowest BCUT2D eigenvalue weighted by Crippen LogP contribution is -2.13. The van der Waals surface area contributed by atoms with E-state index in [0.29, 0.717) is 35.5 Å². The molecule has 0 aliphatic carbocycles. The Morgan fingerprint density at radius 2 is 1.78 bits per heavy atom. The first-order chi connectivity index (χ1) is 15.4. The van der Waals surface area contributed by atoms with Crippen LogP contribution in [0.1, 0.15) is 22.3 Å². The first-order valence-corrected chi connectivity index (χ1v) is 11.3. The Morgan fingerprint density at radius 1 is 1.03 bits per heavy atom. The van der Waals surface area contributed by atoms with Crippen LogP contribution < -0.4 is 5.32 Å². The summed E-state index contributed by atoms with van der Waals surface area (Å²) in [7, 11) is -3.81. The fourth-order valence-corrected chi connectivity index (χ4v) is 4.02. The topological polar surface area (TPSA) is 116 Å². The highest BCUT2D eigenvalue weighted by Gasteiger charge is 2.16. The summed E-state index contributed by atoms with van der Waals surface area (Å²) >= 11 is 0. The number of benzene rings is 2. The molecule has 0 fully saturated rings. The van der Waals surface area contributed by atoms with Gasteiger partial charge < -0.3 is 9.88 Å². The molecule has 10 heteroatoms. The van der Waals surface area contributed by atoms with Crippen LogP contribution in [0.25, 0.3) is 11.2 Å². The molecular weight excluding hydrogens is 430 g/mol. The minimum Gasteiger partial charge on any atom is -0.315 e. The van der Waals surface area contributed by atoms with Crippen LogP contribution in [0.3, 0.4) is 0 Å². The number of aryl methyl sites for hydroxylation is 2. The van der Waals surface area contributed by atoms with Crippen molar-refractivity contribution in [2.24, 2.45) is 0 Å². The standard InChI is InChI=1S/C22H21N5O4S/c1-16-8-10-18(11-9-16)32(29,30)31-13-5-12-27-15-25-19-20(23-14-24-21(19)27)26-22(28)17-6-3-2-4-7-17/h2-4,6-11,14-15H,5,12-13H2,1H3,(H,23,24,26,28). The Labute approximate surface area is 185 Å². The van der Waals surface area contributed by atoms with Crippen molar-refractivity contribution in [2.45, 2.75) is 24.8 Å². The molecule has 4 aromatic rings. The smallest absolute Gasteiger partial charge is 0.296 e. The fourth-order valence-electron chi connectivity index (χ4n) is 3.08. The van der Waals surface area contributed by atoms with Gasteiger partial charge in [0.25, 0.3) is 16.0 Å². The molecule has 0 bridgehead atoms. The zero-order valence-corrected chi connectivity index (χ0v) is 18.1. The van der Waals surface area contributed by atoms with Crippen molar-refractivity contribution in [1.29, 1.82) is 0 Å². The van der Waals surface area contributed by atoms with Gasteiger partial charge in [-0.05, 0) is 37.6 Å². The molecule has 1 amide bonds. The van der Waals surface area contributed by atoms with Crippen LogP contribution in [-0.4, -0.2) is 40.5 Å². The molecule has 0 unspecified atom stereocenters. The number of hydrogen-bond donors (Lipinski definition) is 1. The lowest BCUT2D eigenvalue weighted by atomic mass is 10.2.